The molecule has 0 saturated heterocycles. The van der Waals surface area contributed by atoms with E-state index in [1.165, 1.54) is 6.08 Å². The number of carbonyl (C=O) groups is 2. The minimum atomic E-state index is -0.587. The van der Waals surface area contributed by atoms with Gasteiger partial charge in [-0.05, 0) is 48.9 Å². The molecule has 2 aromatic rings. The highest BCUT2D eigenvalue weighted by atomic mass is 16.5. The molecule has 0 aromatic heterocycles. The Hall–Kier alpha value is -3.28. The van der Waals surface area contributed by atoms with Gasteiger partial charge in [-0.15, -0.1) is 0 Å². The van der Waals surface area contributed by atoms with Gasteiger partial charge in [0.1, 0.15) is 5.75 Å². The van der Waals surface area contributed by atoms with Crippen molar-refractivity contribution in [3.8, 4) is 17.2 Å². The van der Waals surface area contributed by atoms with Gasteiger partial charge >= 0.3 is 5.97 Å². The lowest BCUT2D eigenvalue weighted by Crippen LogP contribution is -2.12. The Morgan fingerprint density at radius 1 is 1.04 bits per heavy atom. The van der Waals surface area contributed by atoms with Crippen LogP contribution in [0.2, 0.25) is 0 Å². The second-order valence-electron chi connectivity index (χ2n) is 6.08. The molecule has 1 heterocycles. The number of esters is 1. The molecule has 0 spiro atoms. The van der Waals surface area contributed by atoms with Crippen LogP contribution in [0.4, 0.5) is 0 Å². The van der Waals surface area contributed by atoms with Crippen LogP contribution in [-0.2, 0) is 9.53 Å². The van der Waals surface area contributed by atoms with Gasteiger partial charge in [0.2, 0.25) is 0 Å². The van der Waals surface area contributed by atoms with Crippen LogP contribution < -0.4 is 14.2 Å². The van der Waals surface area contributed by atoms with E-state index in [2.05, 4.69) is 0 Å². The summed E-state index contributed by atoms with van der Waals surface area (Å²) in [6.45, 7) is 3.29. The summed E-state index contributed by atoms with van der Waals surface area (Å²) in [5, 5.41) is 0. The number of Topliss-reactive ketones (excluding diaryl/α,β-unsaturated/α-hetero) is 1. The molecule has 0 atom stereocenters. The monoisotopic (exact) mass is 382 g/mol. The number of carbonyl (C=O) groups excluding carboxylic acids is 2. The number of fused-ring (bicyclic) bond motifs is 1. The highest BCUT2D eigenvalue weighted by Crippen LogP contribution is 2.30. The molecule has 0 N–H and O–H groups in total. The first-order valence-electron chi connectivity index (χ1n) is 9.16. The molecule has 0 unspecified atom stereocenters. The molecular weight excluding hydrogens is 360 g/mol. The summed E-state index contributed by atoms with van der Waals surface area (Å²) >= 11 is 0. The highest BCUT2D eigenvalue weighted by Gasteiger charge is 2.15. The topological polar surface area (TPSA) is 71.1 Å². The molecule has 6 heteroatoms. The number of hydrogen-bond donors (Lipinski definition) is 0. The lowest BCUT2D eigenvalue weighted by Gasteiger charge is -2.08. The molecule has 6 nitrogen and oxygen atoms in total. The maximum absolute atomic E-state index is 12.3. The van der Waals surface area contributed by atoms with Crippen LogP contribution in [0.15, 0.2) is 48.5 Å². The van der Waals surface area contributed by atoms with Gasteiger partial charge in [-0.25, -0.2) is 4.79 Å². The van der Waals surface area contributed by atoms with E-state index in [4.69, 9.17) is 18.9 Å². The van der Waals surface area contributed by atoms with Crippen molar-refractivity contribution in [2.75, 3.05) is 26.4 Å². The van der Waals surface area contributed by atoms with Crippen molar-refractivity contribution in [1.82, 2.24) is 0 Å². The third kappa shape index (κ3) is 5.36. The SMILES string of the molecule is CCOc1ccc(/C=C/C(=O)OCC(=O)c2ccc3c(c2)OCCCO3)cc1. The van der Waals surface area contributed by atoms with E-state index in [1.54, 1.807) is 24.3 Å². The van der Waals surface area contributed by atoms with E-state index in [1.807, 2.05) is 31.2 Å². The van der Waals surface area contributed by atoms with E-state index in [-0.39, 0.29) is 12.4 Å². The normalized spacial score (nSPS) is 13.0. The fourth-order valence-corrected chi connectivity index (χ4v) is 2.61. The Kier molecular flexibility index (Phi) is 6.68. The minimum Gasteiger partial charge on any atom is -0.494 e. The molecule has 1 aliphatic heterocycles. The molecule has 0 bridgehead atoms. The summed E-state index contributed by atoms with van der Waals surface area (Å²) in [4.78, 5) is 24.2. The second-order valence-corrected chi connectivity index (χ2v) is 6.08. The van der Waals surface area contributed by atoms with Crippen LogP contribution >= 0.6 is 0 Å². The smallest absolute Gasteiger partial charge is 0.331 e. The Labute approximate surface area is 163 Å². The number of ketones is 1. The van der Waals surface area contributed by atoms with Gasteiger partial charge in [0.15, 0.2) is 23.9 Å². The summed E-state index contributed by atoms with van der Waals surface area (Å²) in [6.07, 6.45) is 3.70. The van der Waals surface area contributed by atoms with Crippen LogP contribution in [0.3, 0.4) is 0 Å². The van der Waals surface area contributed by atoms with Crippen molar-refractivity contribution in [2.45, 2.75) is 13.3 Å². The summed E-state index contributed by atoms with van der Waals surface area (Å²) in [5.41, 5.74) is 1.24. The zero-order valence-corrected chi connectivity index (χ0v) is 15.7. The molecule has 0 fully saturated rings. The van der Waals surface area contributed by atoms with Crippen molar-refractivity contribution in [3.63, 3.8) is 0 Å². The zero-order chi connectivity index (χ0) is 19.8. The van der Waals surface area contributed by atoms with Crippen LogP contribution in [0.1, 0.15) is 29.3 Å². The Bertz CT molecular complexity index is 854. The number of hydrogen-bond acceptors (Lipinski definition) is 6. The maximum Gasteiger partial charge on any atom is 0.331 e. The second kappa shape index (κ2) is 9.60. The highest BCUT2D eigenvalue weighted by molar-refractivity contribution is 5.99. The molecule has 28 heavy (non-hydrogen) atoms. The van der Waals surface area contributed by atoms with Crippen molar-refractivity contribution in [2.24, 2.45) is 0 Å². The third-order valence-electron chi connectivity index (χ3n) is 4.02. The van der Waals surface area contributed by atoms with Gasteiger partial charge in [-0.1, -0.05) is 12.1 Å². The van der Waals surface area contributed by atoms with Gasteiger partial charge in [-0.2, -0.15) is 0 Å². The Balaban J connectivity index is 1.52. The molecule has 0 amide bonds. The van der Waals surface area contributed by atoms with E-state index in [0.29, 0.717) is 36.9 Å². The van der Waals surface area contributed by atoms with E-state index >= 15 is 0 Å². The summed E-state index contributed by atoms with van der Waals surface area (Å²) in [6, 6.07) is 12.3. The fraction of sp³-hybridized carbons (Fsp3) is 0.273. The van der Waals surface area contributed by atoms with Gasteiger partial charge in [0, 0.05) is 18.1 Å². The molecule has 146 valence electrons. The van der Waals surface area contributed by atoms with E-state index in [9.17, 15) is 9.59 Å². The molecular formula is C22H22O6. The Morgan fingerprint density at radius 2 is 1.79 bits per heavy atom. The van der Waals surface area contributed by atoms with Gasteiger partial charge in [0.05, 0.1) is 19.8 Å². The predicted octanol–water partition coefficient (Wildman–Crippen LogP) is 3.69. The lowest BCUT2D eigenvalue weighted by molar-refractivity contribution is -0.136. The van der Waals surface area contributed by atoms with Gasteiger partial charge < -0.3 is 18.9 Å². The molecule has 2 aromatic carbocycles. The number of rotatable bonds is 7. The summed E-state index contributed by atoms with van der Waals surface area (Å²) in [7, 11) is 0. The van der Waals surface area contributed by atoms with Crippen LogP contribution in [-0.4, -0.2) is 38.2 Å². The van der Waals surface area contributed by atoms with Crippen molar-refractivity contribution < 1.29 is 28.5 Å². The molecule has 1 aliphatic rings. The van der Waals surface area contributed by atoms with E-state index in [0.717, 1.165) is 17.7 Å². The lowest BCUT2D eigenvalue weighted by atomic mass is 10.1. The average molecular weight is 382 g/mol. The first-order chi connectivity index (χ1) is 13.7. The first kappa shape index (κ1) is 19.5. The number of benzene rings is 2. The zero-order valence-electron chi connectivity index (χ0n) is 15.7. The van der Waals surface area contributed by atoms with Crippen LogP contribution in [0, 0.1) is 0 Å². The van der Waals surface area contributed by atoms with Crippen molar-refractivity contribution in [1.29, 1.82) is 0 Å². The molecule has 0 aliphatic carbocycles. The predicted molar refractivity (Wildman–Crippen MR) is 104 cm³/mol. The van der Waals surface area contributed by atoms with Crippen molar-refractivity contribution >= 4 is 17.8 Å². The van der Waals surface area contributed by atoms with Gasteiger partial charge in [0.25, 0.3) is 0 Å². The third-order valence-corrected chi connectivity index (χ3v) is 4.02. The summed E-state index contributed by atoms with van der Waals surface area (Å²) in [5.74, 6) is 1.02. The van der Waals surface area contributed by atoms with E-state index < -0.39 is 5.97 Å². The van der Waals surface area contributed by atoms with Gasteiger partial charge in [-0.3, -0.25) is 4.79 Å². The average Bonchev–Trinajstić information content (AvgIpc) is 2.96. The van der Waals surface area contributed by atoms with Crippen LogP contribution in [0.5, 0.6) is 17.2 Å². The standard InChI is InChI=1S/C22H22O6/c1-2-25-18-8-4-16(5-9-18)6-11-22(24)28-15-19(23)17-7-10-20-21(14-17)27-13-3-12-26-20/h4-11,14H,2-3,12-13,15H2,1H3/b11-6+. The quantitative estimate of drug-likeness (QED) is 0.413. The molecule has 3 rings (SSSR count). The summed E-state index contributed by atoms with van der Waals surface area (Å²) < 4.78 is 21.5. The minimum absolute atomic E-state index is 0.307. The first-order valence-corrected chi connectivity index (χ1v) is 9.16. The van der Waals surface area contributed by atoms with Crippen LogP contribution in [0.25, 0.3) is 6.08 Å². The Morgan fingerprint density at radius 3 is 2.54 bits per heavy atom. The van der Waals surface area contributed by atoms with Crippen molar-refractivity contribution in [3.05, 3.63) is 59.7 Å². The largest absolute Gasteiger partial charge is 0.494 e. The maximum atomic E-state index is 12.3. The fourth-order valence-electron chi connectivity index (χ4n) is 2.61. The number of ether oxygens (including phenoxy) is 4. The molecule has 0 saturated carbocycles. The molecule has 0 radical (unpaired) electrons.